The Morgan fingerprint density at radius 2 is 2.44 bits per heavy atom. The SMILES string of the molecule is C#CCn1ncc(NC(CC)CCO)c(Br)c1=O. The van der Waals surface area contributed by atoms with Gasteiger partial charge >= 0.3 is 0 Å². The van der Waals surface area contributed by atoms with Crippen LogP contribution in [-0.2, 0) is 6.54 Å². The van der Waals surface area contributed by atoms with Gasteiger partial charge in [0.05, 0.1) is 11.9 Å². The average Bonchev–Trinajstić information content (AvgIpc) is 2.37. The number of anilines is 1. The summed E-state index contributed by atoms with van der Waals surface area (Å²) in [5, 5.41) is 16.1. The summed E-state index contributed by atoms with van der Waals surface area (Å²) in [5.74, 6) is 2.37. The number of hydrogen-bond acceptors (Lipinski definition) is 4. The van der Waals surface area contributed by atoms with Crippen molar-refractivity contribution in [2.24, 2.45) is 0 Å². The maximum absolute atomic E-state index is 11.9. The predicted octanol–water partition coefficient (Wildman–Crippen LogP) is 1.21. The molecule has 0 aliphatic heterocycles. The Kier molecular flexibility index (Phi) is 5.89. The number of aromatic nitrogens is 2. The summed E-state index contributed by atoms with van der Waals surface area (Å²) in [4.78, 5) is 11.9. The van der Waals surface area contributed by atoms with Crippen LogP contribution in [-0.4, -0.2) is 27.5 Å². The van der Waals surface area contributed by atoms with Crippen molar-refractivity contribution in [2.45, 2.75) is 32.4 Å². The molecule has 1 heterocycles. The maximum Gasteiger partial charge on any atom is 0.284 e. The van der Waals surface area contributed by atoms with Crippen molar-refractivity contribution >= 4 is 21.6 Å². The minimum Gasteiger partial charge on any atom is -0.396 e. The minimum atomic E-state index is -0.267. The average molecular weight is 314 g/mol. The third kappa shape index (κ3) is 3.59. The number of halogens is 1. The van der Waals surface area contributed by atoms with E-state index in [4.69, 9.17) is 11.5 Å². The number of hydrogen-bond donors (Lipinski definition) is 2. The van der Waals surface area contributed by atoms with E-state index in [0.717, 1.165) is 6.42 Å². The van der Waals surface area contributed by atoms with E-state index in [2.05, 4.69) is 32.3 Å². The van der Waals surface area contributed by atoms with Gasteiger partial charge in [0.15, 0.2) is 0 Å². The number of aliphatic hydroxyl groups excluding tert-OH is 1. The van der Waals surface area contributed by atoms with Gasteiger partial charge in [0.2, 0.25) is 0 Å². The molecular formula is C12H16BrN3O2. The van der Waals surface area contributed by atoms with Gasteiger partial charge in [-0.25, -0.2) is 4.68 Å². The third-order valence-corrected chi connectivity index (χ3v) is 3.32. The Balaban J connectivity index is 2.95. The number of nitrogens with zero attached hydrogens (tertiary/aromatic N) is 2. The molecule has 6 heteroatoms. The van der Waals surface area contributed by atoms with Gasteiger partial charge in [-0.1, -0.05) is 12.8 Å². The Hall–Kier alpha value is -1.32. The summed E-state index contributed by atoms with van der Waals surface area (Å²) in [6.45, 7) is 2.25. The number of rotatable bonds is 6. The van der Waals surface area contributed by atoms with Gasteiger partial charge in [-0.2, -0.15) is 5.10 Å². The minimum absolute atomic E-state index is 0.102. The molecular weight excluding hydrogens is 298 g/mol. The van der Waals surface area contributed by atoms with Crippen molar-refractivity contribution in [1.29, 1.82) is 0 Å². The van der Waals surface area contributed by atoms with E-state index in [9.17, 15) is 4.79 Å². The van der Waals surface area contributed by atoms with E-state index in [1.807, 2.05) is 6.92 Å². The first-order valence-electron chi connectivity index (χ1n) is 5.70. The summed E-state index contributed by atoms with van der Waals surface area (Å²) in [6.07, 6.45) is 8.18. The molecule has 98 valence electrons. The van der Waals surface area contributed by atoms with Crippen molar-refractivity contribution in [1.82, 2.24) is 9.78 Å². The smallest absolute Gasteiger partial charge is 0.284 e. The Labute approximate surface area is 114 Å². The lowest BCUT2D eigenvalue weighted by molar-refractivity contribution is 0.278. The van der Waals surface area contributed by atoms with Gasteiger partial charge in [0.25, 0.3) is 5.56 Å². The fourth-order valence-electron chi connectivity index (χ4n) is 1.52. The third-order valence-electron chi connectivity index (χ3n) is 2.56. The first-order valence-corrected chi connectivity index (χ1v) is 6.49. The molecule has 0 spiro atoms. The van der Waals surface area contributed by atoms with Crippen molar-refractivity contribution in [3.63, 3.8) is 0 Å². The van der Waals surface area contributed by atoms with Crippen LogP contribution in [0.4, 0.5) is 5.69 Å². The van der Waals surface area contributed by atoms with Gasteiger partial charge in [0.1, 0.15) is 11.0 Å². The molecule has 0 aromatic carbocycles. The van der Waals surface area contributed by atoms with Crippen molar-refractivity contribution in [3.8, 4) is 12.3 Å². The molecule has 0 aliphatic carbocycles. The molecule has 1 unspecified atom stereocenters. The highest BCUT2D eigenvalue weighted by atomic mass is 79.9. The zero-order chi connectivity index (χ0) is 13.5. The fourth-order valence-corrected chi connectivity index (χ4v) is 1.94. The van der Waals surface area contributed by atoms with E-state index in [1.165, 1.54) is 4.68 Å². The van der Waals surface area contributed by atoms with Crippen molar-refractivity contribution in [2.75, 3.05) is 11.9 Å². The fraction of sp³-hybridized carbons (Fsp3) is 0.500. The molecule has 2 N–H and O–H groups in total. The highest BCUT2D eigenvalue weighted by Gasteiger charge is 2.12. The van der Waals surface area contributed by atoms with Crippen LogP contribution in [0.1, 0.15) is 19.8 Å². The number of terminal acetylenes is 1. The van der Waals surface area contributed by atoms with Gasteiger partial charge in [-0.05, 0) is 28.8 Å². The summed E-state index contributed by atoms with van der Waals surface area (Å²) < 4.78 is 1.62. The first kappa shape index (κ1) is 14.7. The van der Waals surface area contributed by atoms with Crippen LogP contribution < -0.4 is 10.9 Å². The normalized spacial score (nSPS) is 11.9. The number of aliphatic hydroxyl groups is 1. The summed E-state index contributed by atoms with van der Waals surface area (Å²) in [7, 11) is 0. The lowest BCUT2D eigenvalue weighted by Crippen LogP contribution is -2.27. The lowest BCUT2D eigenvalue weighted by atomic mass is 10.1. The van der Waals surface area contributed by atoms with E-state index < -0.39 is 0 Å². The second-order valence-corrected chi connectivity index (χ2v) is 4.59. The molecule has 0 amide bonds. The van der Waals surface area contributed by atoms with Crippen molar-refractivity contribution < 1.29 is 5.11 Å². The maximum atomic E-state index is 11.9. The largest absolute Gasteiger partial charge is 0.396 e. The molecule has 0 saturated heterocycles. The molecule has 1 aromatic heterocycles. The van der Waals surface area contributed by atoms with E-state index in [-0.39, 0.29) is 24.8 Å². The quantitative estimate of drug-likeness (QED) is 0.775. The number of nitrogens with one attached hydrogen (secondary N) is 1. The van der Waals surface area contributed by atoms with Crippen LogP contribution in [0.2, 0.25) is 0 Å². The molecule has 0 bridgehead atoms. The van der Waals surface area contributed by atoms with Crippen LogP contribution in [0, 0.1) is 12.3 Å². The van der Waals surface area contributed by atoms with E-state index in [1.54, 1.807) is 6.20 Å². The van der Waals surface area contributed by atoms with Gasteiger partial charge in [0, 0.05) is 12.6 Å². The monoisotopic (exact) mass is 313 g/mol. The van der Waals surface area contributed by atoms with Crippen LogP contribution in [0.25, 0.3) is 0 Å². The lowest BCUT2D eigenvalue weighted by Gasteiger charge is -2.17. The molecule has 0 fully saturated rings. The zero-order valence-corrected chi connectivity index (χ0v) is 11.8. The first-order chi connectivity index (χ1) is 8.63. The summed E-state index contributed by atoms with van der Waals surface area (Å²) >= 11 is 3.24. The van der Waals surface area contributed by atoms with Crippen LogP contribution in [0.5, 0.6) is 0 Å². The molecule has 1 atom stereocenters. The van der Waals surface area contributed by atoms with Gasteiger partial charge in [-0.3, -0.25) is 4.79 Å². The van der Waals surface area contributed by atoms with Crippen LogP contribution >= 0.6 is 15.9 Å². The second-order valence-electron chi connectivity index (χ2n) is 3.80. The summed E-state index contributed by atoms with van der Waals surface area (Å²) in [6, 6.07) is 0.107. The Morgan fingerprint density at radius 3 is 3.00 bits per heavy atom. The zero-order valence-electron chi connectivity index (χ0n) is 10.2. The van der Waals surface area contributed by atoms with E-state index in [0.29, 0.717) is 16.6 Å². The molecule has 18 heavy (non-hydrogen) atoms. The molecule has 1 rings (SSSR count). The molecule has 1 aromatic rings. The van der Waals surface area contributed by atoms with Crippen LogP contribution in [0.15, 0.2) is 15.5 Å². The van der Waals surface area contributed by atoms with Crippen LogP contribution in [0.3, 0.4) is 0 Å². The highest BCUT2D eigenvalue weighted by Crippen LogP contribution is 2.18. The highest BCUT2D eigenvalue weighted by molar-refractivity contribution is 9.10. The molecule has 0 saturated carbocycles. The second kappa shape index (κ2) is 7.19. The Bertz CT molecular complexity index is 493. The Morgan fingerprint density at radius 1 is 1.72 bits per heavy atom. The summed E-state index contributed by atoms with van der Waals surface area (Å²) in [5.41, 5.74) is 0.352. The van der Waals surface area contributed by atoms with Gasteiger partial charge in [-0.15, -0.1) is 6.42 Å². The molecule has 0 aliphatic rings. The van der Waals surface area contributed by atoms with Gasteiger partial charge < -0.3 is 10.4 Å². The standard InChI is InChI=1S/C12H16BrN3O2/c1-3-6-16-12(18)11(13)10(8-14-16)15-9(4-2)5-7-17/h1,8-9,15,17H,4-7H2,2H3. The molecule has 5 nitrogen and oxygen atoms in total. The van der Waals surface area contributed by atoms with E-state index >= 15 is 0 Å². The molecule has 0 radical (unpaired) electrons. The van der Waals surface area contributed by atoms with Crippen molar-refractivity contribution in [3.05, 3.63) is 21.0 Å². The predicted molar refractivity (Wildman–Crippen MR) is 74.4 cm³/mol. The topological polar surface area (TPSA) is 67.2 Å².